The SMILES string of the molecule is C[C@H](NC(=O)CN)C(=O)Nc1ccc(CO)cc1. The molecule has 0 saturated carbocycles. The van der Waals surface area contributed by atoms with Crippen molar-refractivity contribution in [1.29, 1.82) is 0 Å². The third kappa shape index (κ3) is 4.15. The molecule has 0 aliphatic carbocycles. The predicted octanol–water partition coefficient (Wildman–Crippen LogP) is -0.419. The molecule has 1 atom stereocenters. The van der Waals surface area contributed by atoms with Gasteiger partial charge in [-0.2, -0.15) is 0 Å². The van der Waals surface area contributed by atoms with Crippen molar-refractivity contribution < 1.29 is 14.7 Å². The van der Waals surface area contributed by atoms with Gasteiger partial charge in [0.05, 0.1) is 13.2 Å². The average molecular weight is 251 g/mol. The molecule has 1 aromatic carbocycles. The van der Waals surface area contributed by atoms with E-state index in [1.807, 2.05) is 0 Å². The lowest BCUT2D eigenvalue weighted by Crippen LogP contribution is -2.44. The molecule has 0 fully saturated rings. The van der Waals surface area contributed by atoms with Crippen LogP contribution < -0.4 is 16.4 Å². The van der Waals surface area contributed by atoms with Crippen molar-refractivity contribution >= 4 is 17.5 Å². The quantitative estimate of drug-likeness (QED) is 0.570. The predicted molar refractivity (Wildman–Crippen MR) is 67.7 cm³/mol. The number of nitrogens with two attached hydrogens (primary N) is 1. The van der Waals surface area contributed by atoms with Gasteiger partial charge in [0.25, 0.3) is 0 Å². The Bertz CT molecular complexity index is 417. The zero-order valence-electron chi connectivity index (χ0n) is 10.1. The molecule has 5 N–H and O–H groups in total. The molecule has 0 aromatic heterocycles. The van der Waals surface area contributed by atoms with Crippen molar-refractivity contribution in [3.63, 3.8) is 0 Å². The first-order valence-electron chi connectivity index (χ1n) is 5.57. The lowest BCUT2D eigenvalue weighted by molar-refractivity contribution is -0.125. The summed E-state index contributed by atoms with van der Waals surface area (Å²) in [7, 11) is 0. The van der Waals surface area contributed by atoms with Crippen molar-refractivity contribution in [2.75, 3.05) is 11.9 Å². The molecule has 6 nitrogen and oxygen atoms in total. The second kappa shape index (κ2) is 6.73. The first kappa shape index (κ1) is 14.1. The first-order chi connectivity index (χ1) is 8.56. The van der Waals surface area contributed by atoms with Gasteiger partial charge in [0.15, 0.2) is 0 Å². The smallest absolute Gasteiger partial charge is 0.246 e. The number of carbonyl (C=O) groups is 2. The average Bonchev–Trinajstić information content (AvgIpc) is 2.39. The van der Waals surface area contributed by atoms with Crippen LogP contribution in [0.15, 0.2) is 24.3 Å². The Hall–Kier alpha value is -1.92. The van der Waals surface area contributed by atoms with Crippen LogP contribution in [0.5, 0.6) is 0 Å². The highest BCUT2D eigenvalue weighted by Gasteiger charge is 2.14. The molecule has 0 unspecified atom stereocenters. The molecule has 2 amide bonds. The van der Waals surface area contributed by atoms with E-state index < -0.39 is 6.04 Å². The molecular weight excluding hydrogens is 234 g/mol. The van der Waals surface area contributed by atoms with Gasteiger partial charge in [0, 0.05) is 5.69 Å². The summed E-state index contributed by atoms with van der Waals surface area (Å²) in [6, 6.07) is 6.12. The van der Waals surface area contributed by atoms with E-state index in [-0.39, 0.29) is 25.0 Å². The van der Waals surface area contributed by atoms with Crippen LogP contribution in [0.3, 0.4) is 0 Å². The summed E-state index contributed by atoms with van der Waals surface area (Å²) in [5, 5.41) is 14.0. The monoisotopic (exact) mass is 251 g/mol. The van der Waals surface area contributed by atoms with Crippen LogP contribution in [-0.2, 0) is 16.2 Å². The summed E-state index contributed by atoms with van der Waals surface area (Å²) >= 11 is 0. The Kier molecular flexibility index (Phi) is 5.29. The molecule has 1 rings (SSSR count). The van der Waals surface area contributed by atoms with Crippen LogP contribution in [-0.4, -0.2) is 29.5 Å². The number of hydrogen-bond donors (Lipinski definition) is 4. The summed E-state index contributed by atoms with van der Waals surface area (Å²) in [5.41, 5.74) is 6.50. The molecule has 0 bridgehead atoms. The number of aliphatic hydroxyl groups is 1. The minimum Gasteiger partial charge on any atom is -0.392 e. The Morgan fingerprint density at radius 3 is 2.44 bits per heavy atom. The topological polar surface area (TPSA) is 104 Å². The maximum Gasteiger partial charge on any atom is 0.246 e. The molecule has 0 heterocycles. The molecule has 98 valence electrons. The van der Waals surface area contributed by atoms with E-state index in [0.717, 1.165) is 5.56 Å². The Morgan fingerprint density at radius 1 is 1.33 bits per heavy atom. The largest absolute Gasteiger partial charge is 0.392 e. The van der Waals surface area contributed by atoms with Gasteiger partial charge in [-0.05, 0) is 24.6 Å². The lowest BCUT2D eigenvalue weighted by atomic mass is 10.2. The first-order valence-corrected chi connectivity index (χ1v) is 5.57. The van der Waals surface area contributed by atoms with Crippen molar-refractivity contribution in [2.24, 2.45) is 5.73 Å². The minimum absolute atomic E-state index is 0.0445. The Labute approximate surface area is 105 Å². The number of nitrogens with one attached hydrogen (secondary N) is 2. The Balaban J connectivity index is 2.55. The van der Waals surface area contributed by atoms with Gasteiger partial charge in [-0.15, -0.1) is 0 Å². The third-order valence-corrected chi connectivity index (χ3v) is 2.36. The van der Waals surface area contributed by atoms with Gasteiger partial charge in [-0.1, -0.05) is 12.1 Å². The molecule has 0 spiro atoms. The number of rotatable bonds is 5. The molecule has 0 radical (unpaired) electrons. The molecular formula is C12H17N3O3. The fourth-order valence-corrected chi connectivity index (χ4v) is 1.31. The molecule has 0 saturated heterocycles. The van der Waals surface area contributed by atoms with Crippen LogP contribution in [0.25, 0.3) is 0 Å². The van der Waals surface area contributed by atoms with E-state index in [1.165, 1.54) is 0 Å². The van der Waals surface area contributed by atoms with Crippen LogP contribution in [0.4, 0.5) is 5.69 Å². The molecule has 1 aromatic rings. The number of benzene rings is 1. The van der Waals surface area contributed by atoms with Crippen molar-refractivity contribution in [1.82, 2.24) is 5.32 Å². The van der Waals surface area contributed by atoms with Crippen molar-refractivity contribution in [3.8, 4) is 0 Å². The fourth-order valence-electron chi connectivity index (χ4n) is 1.31. The highest BCUT2D eigenvalue weighted by Crippen LogP contribution is 2.09. The van der Waals surface area contributed by atoms with Gasteiger partial charge >= 0.3 is 0 Å². The van der Waals surface area contributed by atoms with Gasteiger partial charge < -0.3 is 21.5 Å². The summed E-state index contributed by atoms with van der Waals surface area (Å²) < 4.78 is 0. The van der Waals surface area contributed by atoms with E-state index in [2.05, 4.69) is 10.6 Å². The van der Waals surface area contributed by atoms with Crippen molar-refractivity contribution in [3.05, 3.63) is 29.8 Å². The maximum absolute atomic E-state index is 11.7. The zero-order valence-corrected chi connectivity index (χ0v) is 10.1. The number of hydrogen-bond acceptors (Lipinski definition) is 4. The van der Waals surface area contributed by atoms with Crippen molar-refractivity contribution in [2.45, 2.75) is 19.6 Å². The summed E-state index contributed by atoms with van der Waals surface area (Å²) in [5.74, 6) is -0.707. The second-order valence-electron chi connectivity index (χ2n) is 3.84. The molecule has 6 heteroatoms. The molecule has 0 aliphatic rings. The number of anilines is 1. The summed E-state index contributed by atoms with van der Waals surface area (Å²) in [6.07, 6.45) is 0. The van der Waals surface area contributed by atoms with Gasteiger partial charge in [-0.25, -0.2) is 0 Å². The lowest BCUT2D eigenvalue weighted by Gasteiger charge is -2.13. The van der Waals surface area contributed by atoms with Gasteiger partial charge in [0.1, 0.15) is 6.04 Å². The van der Waals surface area contributed by atoms with E-state index >= 15 is 0 Å². The number of aliphatic hydroxyl groups excluding tert-OH is 1. The van der Waals surface area contributed by atoms with E-state index in [9.17, 15) is 9.59 Å². The third-order valence-electron chi connectivity index (χ3n) is 2.36. The second-order valence-corrected chi connectivity index (χ2v) is 3.84. The highest BCUT2D eigenvalue weighted by atomic mass is 16.3. The number of carbonyl (C=O) groups excluding carboxylic acids is 2. The molecule has 0 aliphatic heterocycles. The fraction of sp³-hybridized carbons (Fsp3) is 0.333. The maximum atomic E-state index is 11.7. The standard InChI is InChI=1S/C12H17N3O3/c1-8(14-11(17)6-13)12(18)15-10-4-2-9(7-16)3-5-10/h2-5,8,16H,6-7,13H2,1H3,(H,14,17)(H,15,18)/t8-/m0/s1. The van der Waals surface area contributed by atoms with Crippen LogP contribution in [0.1, 0.15) is 12.5 Å². The van der Waals surface area contributed by atoms with E-state index in [0.29, 0.717) is 5.69 Å². The van der Waals surface area contributed by atoms with E-state index in [4.69, 9.17) is 10.8 Å². The normalized spacial score (nSPS) is 11.7. The van der Waals surface area contributed by atoms with Crippen LogP contribution in [0.2, 0.25) is 0 Å². The van der Waals surface area contributed by atoms with Gasteiger partial charge in [0.2, 0.25) is 11.8 Å². The van der Waals surface area contributed by atoms with Crippen LogP contribution in [0, 0.1) is 0 Å². The number of amides is 2. The summed E-state index contributed by atoms with van der Waals surface area (Å²) in [6.45, 7) is 1.38. The zero-order chi connectivity index (χ0) is 13.5. The van der Waals surface area contributed by atoms with E-state index in [1.54, 1.807) is 31.2 Å². The molecule has 18 heavy (non-hydrogen) atoms. The summed E-state index contributed by atoms with van der Waals surface area (Å²) in [4.78, 5) is 22.7. The minimum atomic E-state index is -0.654. The van der Waals surface area contributed by atoms with Crippen LogP contribution >= 0.6 is 0 Å². The van der Waals surface area contributed by atoms with Gasteiger partial charge in [-0.3, -0.25) is 9.59 Å². The Morgan fingerprint density at radius 2 is 1.94 bits per heavy atom. The highest BCUT2D eigenvalue weighted by molar-refractivity contribution is 5.97.